The predicted octanol–water partition coefficient (Wildman–Crippen LogP) is 3.76. The number of halogens is 3. The number of hydrogen-bond acceptors (Lipinski definition) is 4. The van der Waals surface area contributed by atoms with Gasteiger partial charge in [0.15, 0.2) is 5.82 Å². The van der Waals surface area contributed by atoms with E-state index in [1.807, 2.05) is 0 Å². The monoisotopic (exact) mass is 288 g/mol. The zero-order chi connectivity index (χ0) is 12.4. The molecule has 0 aliphatic carbocycles. The average molecular weight is 290 g/mol. The maximum atomic E-state index is 6.01. The number of nitrogens with two attached hydrogens (primary N) is 1. The fraction of sp³-hybridized carbons (Fsp3) is 0. The summed E-state index contributed by atoms with van der Waals surface area (Å²) in [4.78, 5) is 7.77. The SMILES string of the molecule is Nc1cncnc1Nc1cc(Cl)c(Cl)cc1Cl. The molecule has 0 bridgehead atoms. The van der Waals surface area contributed by atoms with E-state index in [2.05, 4.69) is 15.3 Å². The lowest BCUT2D eigenvalue weighted by molar-refractivity contribution is 1.17. The fourth-order valence-corrected chi connectivity index (χ4v) is 1.78. The number of rotatable bonds is 2. The van der Waals surface area contributed by atoms with Gasteiger partial charge in [0.2, 0.25) is 0 Å². The van der Waals surface area contributed by atoms with E-state index < -0.39 is 0 Å². The summed E-state index contributed by atoms with van der Waals surface area (Å²) in [5, 5.41) is 4.17. The Morgan fingerprint density at radius 2 is 1.76 bits per heavy atom. The molecule has 0 unspecified atom stereocenters. The molecule has 0 saturated heterocycles. The van der Waals surface area contributed by atoms with Crippen molar-refractivity contribution in [1.29, 1.82) is 0 Å². The molecule has 1 aromatic heterocycles. The Bertz CT molecular complexity index is 559. The van der Waals surface area contributed by atoms with Crippen LogP contribution in [-0.4, -0.2) is 9.97 Å². The summed E-state index contributed by atoms with van der Waals surface area (Å²) in [6.45, 7) is 0. The number of aromatic nitrogens is 2. The molecule has 0 aliphatic heterocycles. The second-order valence-corrected chi connectivity index (χ2v) is 4.42. The predicted molar refractivity (Wildman–Crippen MR) is 71.2 cm³/mol. The van der Waals surface area contributed by atoms with Crippen LogP contribution in [0.15, 0.2) is 24.7 Å². The van der Waals surface area contributed by atoms with Gasteiger partial charge in [0.1, 0.15) is 6.33 Å². The number of anilines is 3. The molecule has 88 valence electrons. The topological polar surface area (TPSA) is 63.8 Å². The van der Waals surface area contributed by atoms with Crippen molar-refractivity contribution < 1.29 is 0 Å². The minimum atomic E-state index is 0.387. The first-order valence-corrected chi connectivity index (χ1v) is 5.68. The van der Waals surface area contributed by atoms with E-state index in [9.17, 15) is 0 Å². The summed E-state index contributed by atoms with van der Waals surface area (Å²) >= 11 is 17.7. The normalized spacial score (nSPS) is 10.3. The second kappa shape index (κ2) is 4.96. The highest BCUT2D eigenvalue weighted by molar-refractivity contribution is 6.44. The van der Waals surface area contributed by atoms with E-state index in [1.165, 1.54) is 12.5 Å². The standard InChI is InChI=1S/C10H7Cl3N4/c11-5-1-7(13)9(2-6(5)12)17-10-8(14)3-15-4-16-10/h1-4H,14H2,(H,15,16,17). The van der Waals surface area contributed by atoms with Crippen LogP contribution < -0.4 is 11.1 Å². The summed E-state index contributed by atoms with van der Waals surface area (Å²) in [6, 6.07) is 3.15. The molecular weight excluding hydrogens is 282 g/mol. The Kier molecular flexibility index (Phi) is 3.57. The molecule has 3 N–H and O–H groups in total. The third kappa shape index (κ3) is 2.72. The summed E-state index contributed by atoms with van der Waals surface area (Å²) in [5.41, 5.74) is 6.68. The van der Waals surface area contributed by atoms with Gasteiger partial charge in [-0.1, -0.05) is 34.8 Å². The molecule has 0 saturated carbocycles. The molecule has 0 radical (unpaired) electrons. The molecule has 7 heteroatoms. The molecule has 17 heavy (non-hydrogen) atoms. The summed E-state index contributed by atoms with van der Waals surface area (Å²) < 4.78 is 0. The first kappa shape index (κ1) is 12.2. The van der Waals surface area contributed by atoms with Gasteiger partial charge >= 0.3 is 0 Å². The maximum absolute atomic E-state index is 6.01. The largest absolute Gasteiger partial charge is 0.394 e. The fourth-order valence-electron chi connectivity index (χ4n) is 1.19. The van der Waals surface area contributed by atoms with E-state index in [-0.39, 0.29) is 0 Å². The molecule has 1 heterocycles. The van der Waals surface area contributed by atoms with Crippen LogP contribution in [0.2, 0.25) is 15.1 Å². The van der Waals surface area contributed by atoms with Crippen molar-refractivity contribution in [2.24, 2.45) is 0 Å². The van der Waals surface area contributed by atoms with Gasteiger partial charge in [-0.15, -0.1) is 0 Å². The van der Waals surface area contributed by atoms with Crippen LogP contribution in [0.5, 0.6) is 0 Å². The van der Waals surface area contributed by atoms with Crippen LogP contribution in [0.3, 0.4) is 0 Å². The van der Waals surface area contributed by atoms with Gasteiger partial charge in [-0.2, -0.15) is 0 Å². The van der Waals surface area contributed by atoms with Gasteiger partial charge in [-0.3, -0.25) is 0 Å². The Morgan fingerprint density at radius 3 is 2.47 bits per heavy atom. The first-order valence-electron chi connectivity index (χ1n) is 4.55. The zero-order valence-corrected chi connectivity index (χ0v) is 10.7. The highest BCUT2D eigenvalue weighted by Crippen LogP contribution is 2.34. The average Bonchev–Trinajstić information content (AvgIpc) is 2.29. The van der Waals surface area contributed by atoms with Crippen molar-refractivity contribution in [2.45, 2.75) is 0 Å². The van der Waals surface area contributed by atoms with Gasteiger partial charge in [-0.05, 0) is 12.1 Å². The number of nitrogens with zero attached hydrogens (tertiary/aromatic N) is 2. The van der Waals surface area contributed by atoms with Crippen molar-refractivity contribution in [3.05, 3.63) is 39.7 Å². The zero-order valence-electron chi connectivity index (χ0n) is 8.42. The first-order chi connectivity index (χ1) is 8.08. The molecule has 0 atom stereocenters. The van der Waals surface area contributed by atoms with E-state index in [1.54, 1.807) is 12.1 Å². The molecule has 0 aliphatic rings. The van der Waals surface area contributed by atoms with E-state index >= 15 is 0 Å². The van der Waals surface area contributed by atoms with Gasteiger partial charge in [0, 0.05) is 0 Å². The summed E-state index contributed by atoms with van der Waals surface area (Å²) in [6.07, 6.45) is 2.87. The van der Waals surface area contributed by atoms with Gasteiger partial charge in [-0.25, -0.2) is 9.97 Å². The van der Waals surface area contributed by atoms with Crippen LogP contribution in [-0.2, 0) is 0 Å². The van der Waals surface area contributed by atoms with Crippen molar-refractivity contribution in [2.75, 3.05) is 11.1 Å². The van der Waals surface area contributed by atoms with E-state index in [4.69, 9.17) is 40.5 Å². The van der Waals surface area contributed by atoms with Crippen LogP contribution in [0.4, 0.5) is 17.2 Å². The highest BCUT2D eigenvalue weighted by atomic mass is 35.5. The van der Waals surface area contributed by atoms with Crippen LogP contribution in [0.1, 0.15) is 0 Å². The summed E-state index contributed by atoms with van der Waals surface area (Å²) in [5.74, 6) is 0.459. The number of benzene rings is 1. The minimum Gasteiger partial charge on any atom is -0.394 e. The molecular formula is C10H7Cl3N4. The van der Waals surface area contributed by atoms with Crippen molar-refractivity contribution >= 4 is 52.0 Å². The number of nitrogens with one attached hydrogen (secondary N) is 1. The Hall–Kier alpha value is -1.23. The Morgan fingerprint density at radius 1 is 1.06 bits per heavy atom. The minimum absolute atomic E-state index is 0.387. The van der Waals surface area contributed by atoms with Crippen LogP contribution in [0.25, 0.3) is 0 Å². The van der Waals surface area contributed by atoms with Crippen LogP contribution in [0, 0.1) is 0 Å². The molecule has 0 fully saturated rings. The number of nitrogen functional groups attached to an aromatic ring is 1. The van der Waals surface area contributed by atoms with Crippen molar-refractivity contribution in [3.8, 4) is 0 Å². The van der Waals surface area contributed by atoms with E-state index in [0.29, 0.717) is 32.3 Å². The lowest BCUT2D eigenvalue weighted by Crippen LogP contribution is -2.00. The Labute approximate surface area is 113 Å². The molecule has 2 aromatic rings. The van der Waals surface area contributed by atoms with Crippen LogP contribution >= 0.6 is 34.8 Å². The summed E-state index contributed by atoms with van der Waals surface area (Å²) in [7, 11) is 0. The third-order valence-corrected chi connectivity index (χ3v) is 3.04. The molecule has 0 spiro atoms. The quantitative estimate of drug-likeness (QED) is 0.826. The second-order valence-electron chi connectivity index (χ2n) is 3.20. The molecule has 1 aromatic carbocycles. The molecule has 4 nitrogen and oxygen atoms in total. The third-order valence-electron chi connectivity index (χ3n) is 2.00. The smallest absolute Gasteiger partial charge is 0.157 e. The highest BCUT2D eigenvalue weighted by Gasteiger charge is 2.08. The van der Waals surface area contributed by atoms with Crippen molar-refractivity contribution in [3.63, 3.8) is 0 Å². The van der Waals surface area contributed by atoms with Gasteiger partial charge in [0.25, 0.3) is 0 Å². The lowest BCUT2D eigenvalue weighted by Gasteiger charge is -2.10. The van der Waals surface area contributed by atoms with E-state index in [0.717, 1.165) is 0 Å². The maximum Gasteiger partial charge on any atom is 0.157 e. The molecule has 0 amide bonds. The van der Waals surface area contributed by atoms with Crippen molar-refractivity contribution in [1.82, 2.24) is 9.97 Å². The molecule has 2 rings (SSSR count). The lowest BCUT2D eigenvalue weighted by atomic mass is 10.3. The van der Waals surface area contributed by atoms with Gasteiger partial charge < -0.3 is 11.1 Å². The Balaban J connectivity index is 2.37. The number of hydrogen-bond donors (Lipinski definition) is 2. The van der Waals surface area contributed by atoms with Gasteiger partial charge in [0.05, 0.1) is 32.6 Å².